The predicted molar refractivity (Wildman–Crippen MR) is 67.0 cm³/mol. The lowest BCUT2D eigenvalue weighted by Crippen LogP contribution is -2.28. The van der Waals surface area contributed by atoms with Crippen LogP contribution < -0.4 is 5.32 Å². The Balaban J connectivity index is 2.68. The molecule has 0 aliphatic rings. The molecule has 0 radical (unpaired) electrons. The van der Waals surface area contributed by atoms with Gasteiger partial charge >= 0.3 is 0 Å². The van der Waals surface area contributed by atoms with Gasteiger partial charge in [-0.15, -0.1) is 6.58 Å². The summed E-state index contributed by atoms with van der Waals surface area (Å²) in [6.07, 6.45) is 2.80. The molecule has 88 valence electrons. The molecule has 1 N–H and O–H groups in total. The van der Waals surface area contributed by atoms with Gasteiger partial charge in [0.1, 0.15) is 5.82 Å². The molecule has 0 bridgehead atoms. The van der Waals surface area contributed by atoms with Crippen LogP contribution in [0.25, 0.3) is 0 Å². The van der Waals surface area contributed by atoms with E-state index in [0.717, 1.165) is 12.0 Å². The van der Waals surface area contributed by atoms with E-state index in [2.05, 4.69) is 18.8 Å². The number of halogens is 1. The van der Waals surface area contributed by atoms with E-state index in [-0.39, 0.29) is 11.9 Å². The molecule has 0 aromatic heterocycles. The number of rotatable bonds is 5. The second-order valence-electron chi connectivity index (χ2n) is 4.32. The molecule has 1 nitrogen and oxygen atoms in total. The Kier molecular flexibility index (Phi) is 4.69. The Hall–Kier alpha value is -1.15. The Morgan fingerprint density at radius 2 is 2.12 bits per heavy atom. The molecule has 2 heteroatoms. The van der Waals surface area contributed by atoms with Crippen molar-refractivity contribution in [1.29, 1.82) is 0 Å². The van der Waals surface area contributed by atoms with Crippen molar-refractivity contribution in [3.8, 4) is 0 Å². The van der Waals surface area contributed by atoms with Crippen molar-refractivity contribution in [3.05, 3.63) is 47.8 Å². The van der Waals surface area contributed by atoms with Crippen molar-refractivity contribution in [2.75, 3.05) is 0 Å². The van der Waals surface area contributed by atoms with Crippen molar-refractivity contribution < 1.29 is 4.39 Å². The van der Waals surface area contributed by atoms with Gasteiger partial charge in [-0.05, 0) is 44.4 Å². The van der Waals surface area contributed by atoms with Crippen molar-refractivity contribution in [3.63, 3.8) is 0 Å². The number of benzene rings is 1. The van der Waals surface area contributed by atoms with Crippen molar-refractivity contribution in [2.24, 2.45) is 0 Å². The van der Waals surface area contributed by atoms with Gasteiger partial charge in [-0.1, -0.05) is 18.2 Å². The molecule has 16 heavy (non-hydrogen) atoms. The molecule has 0 fully saturated rings. The first-order chi connectivity index (χ1) is 7.54. The van der Waals surface area contributed by atoms with E-state index < -0.39 is 0 Å². The Morgan fingerprint density at radius 1 is 1.44 bits per heavy atom. The first-order valence-corrected chi connectivity index (χ1v) is 5.67. The second-order valence-corrected chi connectivity index (χ2v) is 4.32. The summed E-state index contributed by atoms with van der Waals surface area (Å²) in [5.41, 5.74) is 1.68. The largest absolute Gasteiger partial charge is 0.307 e. The molecule has 1 aromatic rings. The van der Waals surface area contributed by atoms with Crippen LogP contribution in [-0.4, -0.2) is 6.04 Å². The van der Waals surface area contributed by atoms with Crippen LogP contribution in [0.5, 0.6) is 0 Å². The van der Waals surface area contributed by atoms with Crippen molar-refractivity contribution >= 4 is 0 Å². The van der Waals surface area contributed by atoms with Gasteiger partial charge in [0.15, 0.2) is 0 Å². The van der Waals surface area contributed by atoms with Crippen LogP contribution in [0.2, 0.25) is 0 Å². The van der Waals surface area contributed by atoms with Crippen LogP contribution in [0, 0.1) is 12.7 Å². The Morgan fingerprint density at radius 3 is 2.69 bits per heavy atom. The molecule has 1 rings (SSSR count). The summed E-state index contributed by atoms with van der Waals surface area (Å²) in [6, 6.07) is 5.91. The zero-order chi connectivity index (χ0) is 12.1. The van der Waals surface area contributed by atoms with Gasteiger partial charge in [-0.2, -0.15) is 0 Å². The molecule has 1 aromatic carbocycles. The van der Waals surface area contributed by atoms with Crippen molar-refractivity contribution in [1.82, 2.24) is 5.32 Å². The van der Waals surface area contributed by atoms with Gasteiger partial charge in [-0.25, -0.2) is 4.39 Å². The highest BCUT2D eigenvalue weighted by atomic mass is 19.1. The minimum atomic E-state index is -0.137. The fourth-order valence-electron chi connectivity index (χ4n) is 1.72. The first kappa shape index (κ1) is 12.9. The van der Waals surface area contributed by atoms with Crippen LogP contribution in [0.15, 0.2) is 30.9 Å². The molecule has 0 heterocycles. The quantitative estimate of drug-likeness (QED) is 0.747. The minimum Gasteiger partial charge on any atom is -0.307 e. The van der Waals surface area contributed by atoms with Crippen molar-refractivity contribution in [2.45, 2.75) is 39.3 Å². The number of nitrogens with one attached hydrogen (secondary N) is 1. The lowest BCUT2D eigenvalue weighted by Gasteiger charge is -2.19. The maximum atomic E-state index is 13.4. The fraction of sp³-hybridized carbons (Fsp3) is 0.429. The maximum Gasteiger partial charge on any atom is 0.126 e. The summed E-state index contributed by atoms with van der Waals surface area (Å²) >= 11 is 0. The molecule has 0 aliphatic heterocycles. The number of hydrogen-bond acceptors (Lipinski definition) is 1. The summed E-state index contributed by atoms with van der Waals surface area (Å²) < 4.78 is 13.4. The minimum absolute atomic E-state index is 0.137. The lowest BCUT2D eigenvalue weighted by molar-refractivity contribution is 0.480. The molecule has 0 spiro atoms. The van der Waals surface area contributed by atoms with Crippen LogP contribution in [0.3, 0.4) is 0 Å². The highest BCUT2D eigenvalue weighted by Crippen LogP contribution is 2.17. The van der Waals surface area contributed by atoms with E-state index in [1.54, 1.807) is 13.0 Å². The normalized spacial score (nSPS) is 14.5. The third kappa shape index (κ3) is 3.46. The third-order valence-electron chi connectivity index (χ3n) is 2.75. The van der Waals surface area contributed by atoms with Gasteiger partial charge in [-0.3, -0.25) is 0 Å². The van der Waals surface area contributed by atoms with Gasteiger partial charge < -0.3 is 5.32 Å². The predicted octanol–water partition coefficient (Wildman–Crippen LogP) is 3.75. The van der Waals surface area contributed by atoms with Crippen LogP contribution in [0.1, 0.15) is 37.4 Å². The van der Waals surface area contributed by atoms with E-state index in [1.165, 1.54) is 0 Å². The van der Waals surface area contributed by atoms with Crippen LogP contribution in [-0.2, 0) is 0 Å². The zero-order valence-electron chi connectivity index (χ0n) is 10.3. The summed E-state index contributed by atoms with van der Waals surface area (Å²) in [7, 11) is 0. The average molecular weight is 221 g/mol. The first-order valence-electron chi connectivity index (χ1n) is 5.67. The SMILES string of the molecule is C=CCC(C)NC(C)c1ccc(C)c(F)c1. The molecule has 2 unspecified atom stereocenters. The second kappa shape index (κ2) is 5.80. The molecule has 0 saturated carbocycles. The molecular weight excluding hydrogens is 201 g/mol. The maximum absolute atomic E-state index is 13.4. The van der Waals surface area contributed by atoms with E-state index in [9.17, 15) is 4.39 Å². The third-order valence-corrected chi connectivity index (χ3v) is 2.75. The van der Waals surface area contributed by atoms with Gasteiger partial charge in [0.2, 0.25) is 0 Å². The topological polar surface area (TPSA) is 12.0 Å². The smallest absolute Gasteiger partial charge is 0.126 e. The Bertz CT molecular complexity index is 360. The summed E-state index contributed by atoms with van der Waals surface area (Å²) in [5, 5.41) is 3.41. The Labute approximate surface area is 97.4 Å². The lowest BCUT2D eigenvalue weighted by atomic mass is 10.0. The molecule has 0 aliphatic carbocycles. The summed E-state index contributed by atoms with van der Waals surface area (Å²) in [4.78, 5) is 0. The van der Waals surface area contributed by atoms with Gasteiger partial charge in [0.05, 0.1) is 0 Å². The number of aryl methyl sites for hydroxylation is 1. The number of hydrogen-bond donors (Lipinski definition) is 1. The fourth-order valence-corrected chi connectivity index (χ4v) is 1.72. The summed E-state index contributed by atoms with van der Waals surface area (Å²) in [5.74, 6) is -0.137. The summed E-state index contributed by atoms with van der Waals surface area (Å²) in [6.45, 7) is 9.63. The molecular formula is C14H20FN. The molecule has 0 amide bonds. The average Bonchev–Trinajstić information content (AvgIpc) is 2.22. The molecule has 2 atom stereocenters. The molecule has 0 saturated heterocycles. The highest BCUT2D eigenvalue weighted by Gasteiger charge is 2.09. The standard InChI is InChI=1S/C14H20FN/c1-5-6-11(3)16-12(4)13-8-7-10(2)14(15)9-13/h5,7-9,11-12,16H,1,6H2,2-4H3. The zero-order valence-corrected chi connectivity index (χ0v) is 10.3. The van der Waals surface area contributed by atoms with E-state index in [0.29, 0.717) is 11.6 Å². The van der Waals surface area contributed by atoms with Gasteiger partial charge in [0.25, 0.3) is 0 Å². The monoisotopic (exact) mass is 221 g/mol. The van der Waals surface area contributed by atoms with Crippen LogP contribution in [0.4, 0.5) is 4.39 Å². The van der Waals surface area contributed by atoms with Gasteiger partial charge in [0, 0.05) is 12.1 Å². The highest BCUT2D eigenvalue weighted by molar-refractivity contribution is 5.25. The van der Waals surface area contributed by atoms with E-state index in [4.69, 9.17) is 0 Å². The van der Waals surface area contributed by atoms with E-state index in [1.807, 2.05) is 25.1 Å². The van der Waals surface area contributed by atoms with E-state index >= 15 is 0 Å². The van der Waals surface area contributed by atoms with Crippen LogP contribution >= 0.6 is 0 Å².